The molecule has 0 aromatic rings. The molecule has 0 saturated heterocycles. The van der Waals surface area contributed by atoms with Crippen LogP contribution in [-0.4, -0.2) is 15.8 Å². The lowest BCUT2D eigenvalue weighted by atomic mass is 10.1. The van der Waals surface area contributed by atoms with Crippen LogP contribution in [0.1, 0.15) is 90.9 Å². The van der Waals surface area contributed by atoms with Gasteiger partial charge < -0.3 is 5.73 Å². The van der Waals surface area contributed by atoms with E-state index in [1.807, 2.05) is 0 Å². The Morgan fingerprint density at radius 1 is 0.700 bits per heavy atom. The molecule has 1 nitrogen and oxygen atoms in total. The molecular formula is C17H37NS2. The maximum absolute atomic E-state index is 5.92. The SMILES string of the molecule is CCCCCCCC[SH](CCCCCCCC)C(N)=S. The van der Waals surface area contributed by atoms with Crippen molar-refractivity contribution < 1.29 is 0 Å². The number of thiol groups is 1. The molecule has 3 heteroatoms. The smallest absolute Gasteiger partial charge is 0.111 e. The zero-order valence-electron chi connectivity index (χ0n) is 13.8. The van der Waals surface area contributed by atoms with E-state index in [1.165, 1.54) is 88.6 Å². The number of thiocarbonyl (C=S) groups is 1. The van der Waals surface area contributed by atoms with E-state index in [0.717, 1.165) is 4.32 Å². The van der Waals surface area contributed by atoms with Crippen LogP contribution in [0.5, 0.6) is 0 Å². The van der Waals surface area contributed by atoms with E-state index in [0.29, 0.717) is 0 Å². The Bertz CT molecular complexity index is 203. The zero-order chi connectivity index (χ0) is 15.1. The summed E-state index contributed by atoms with van der Waals surface area (Å²) < 4.78 is 0.821. The van der Waals surface area contributed by atoms with Crippen LogP contribution in [0.15, 0.2) is 0 Å². The molecule has 0 amide bonds. The molecule has 0 radical (unpaired) electrons. The third-order valence-electron chi connectivity index (χ3n) is 3.87. The lowest BCUT2D eigenvalue weighted by Gasteiger charge is -2.20. The maximum atomic E-state index is 5.92. The van der Waals surface area contributed by atoms with E-state index in [9.17, 15) is 0 Å². The van der Waals surface area contributed by atoms with Crippen molar-refractivity contribution >= 4 is 27.4 Å². The third kappa shape index (κ3) is 13.2. The summed E-state index contributed by atoms with van der Waals surface area (Å²) >= 11 is 5.26. The topological polar surface area (TPSA) is 26.0 Å². The molecule has 0 aliphatic carbocycles. The van der Waals surface area contributed by atoms with Gasteiger partial charge in [-0.2, -0.15) is 0 Å². The molecule has 0 aromatic carbocycles. The second-order valence-electron chi connectivity index (χ2n) is 5.86. The summed E-state index contributed by atoms with van der Waals surface area (Å²) in [6, 6.07) is 0. The fourth-order valence-corrected chi connectivity index (χ4v) is 4.92. The first-order valence-electron chi connectivity index (χ1n) is 8.76. The molecule has 122 valence electrons. The van der Waals surface area contributed by atoms with Crippen molar-refractivity contribution in [2.24, 2.45) is 5.73 Å². The van der Waals surface area contributed by atoms with Gasteiger partial charge in [-0.3, -0.25) is 0 Å². The van der Waals surface area contributed by atoms with Gasteiger partial charge in [0, 0.05) is 0 Å². The number of hydrogen-bond acceptors (Lipinski definition) is 1. The quantitative estimate of drug-likeness (QED) is 0.235. The minimum atomic E-state index is -0.159. The maximum Gasteiger partial charge on any atom is 0.111 e. The highest BCUT2D eigenvalue weighted by Crippen LogP contribution is 2.29. The summed E-state index contributed by atoms with van der Waals surface area (Å²) in [7, 11) is -0.159. The molecular weight excluding hydrogens is 282 g/mol. The molecule has 0 heterocycles. The lowest BCUT2D eigenvalue weighted by Crippen LogP contribution is -2.13. The second kappa shape index (κ2) is 15.6. The van der Waals surface area contributed by atoms with Crippen LogP contribution in [-0.2, 0) is 0 Å². The fourth-order valence-electron chi connectivity index (χ4n) is 2.50. The van der Waals surface area contributed by atoms with E-state index in [-0.39, 0.29) is 10.9 Å². The molecule has 0 saturated carbocycles. The van der Waals surface area contributed by atoms with Crippen molar-refractivity contribution in [3.8, 4) is 0 Å². The predicted molar refractivity (Wildman–Crippen MR) is 102 cm³/mol. The largest absolute Gasteiger partial charge is 0.386 e. The van der Waals surface area contributed by atoms with Crippen LogP contribution in [0.2, 0.25) is 0 Å². The molecule has 0 spiro atoms. The van der Waals surface area contributed by atoms with Crippen LogP contribution in [0, 0.1) is 0 Å². The summed E-state index contributed by atoms with van der Waals surface area (Å²) in [6.45, 7) is 4.54. The van der Waals surface area contributed by atoms with Gasteiger partial charge in [0.15, 0.2) is 0 Å². The monoisotopic (exact) mass is 319 g/mol. The third-order valence-corrected chi connectivity index (χ3v) is 6.98. The van der Waals surface area contributed by atoms with Crippen molar-refractivity contribution in [2.75, 3.05) is 11.5 Å². The van der Waals surface area contributed by atoms with Gasteiger partial charge in [-0.25, -0.2) is 10.9 Å². The molecule has 0 rings (SSSR count). The zero-order valence-corrected chi connectivity index (χ0v) is 15.5. The number of nitrogens with two attached hydrogens (primary N) is 1. The Morgan fingerprint density at radius 3 is 1.40 bits per heavy atom. The second-order valence-corrected chi connectivity index (χ2v) is 9.06. The predicted octanol–water partition coefficient (Wildman–Crippen LogP) is 5.95. The molecule has 2 N–H and O–H groups in total. The number of hydrogen-bond donors (Lipinski definition) is 2. The Balaban J connectivity index is 3.53. The fraction of sp³-hybridized carbons (Fsp3) is 0.941. The summed E-state index contributed by atoms with van der Waals surface area (Å²) in [6.07, 6.45) is 16.5. The average Bonchev–Trinajstić information content (AvgIpc) is 2.43. The van der Waals surface area contributed by atoms with E-state index in [1.54, 1.807) is 0 Å². The Kier molecular flexibility index (Phi) is 15.8. The molecule has 20 heavy (non-hydrogen) atoms. The van der Waals surface area contributed by atoms with Crippen molar-refractivity contribution in [3.05, 3.63) is 0 Å². The average molecular weight is 320 g/mol. The van der Waals surface area contributed by atoms with Gasteiger partial charge in [0.1, 0.15) is 4.32 Å². The molecule has 0 fully saturated rings. The molecule has 0 unspecified atom stereocenters. The molecule has 0 bridgehead atoms. The van der Waals surface area contributed by atoms with Gasteiger partial charge in [0.25, 0.3) is 0 Å². The van der Waals surface area contributed by atoms with Gasteiger partial charge in [-0.1, -0.05) is 90.3 Å². The highest BCUT2D eigenvalue weighted by molar-refractivity contribution is 8.36. The minimum absolute atomic E-state index is 0.159. The number of rotatable bonds is 14. The minimum Gasteiger partial charge on any atom is -0.386 e. The first kappa shape index (κ1) is 20.2. The Labute approximate surface area is 135 Å². The van der Waals surface area contributed by atoms with Gasteiger partial charge >= 0.3 is 0 Å². The summed E-state index contributed by atoms with van der Waals surface area (Å²) in [5.41, 5.74) is 5.92. The van der Waals surface area contributed by atoms with Crippen LogP contribution in [0.4, 0.5) is 0 Å². The van der Waals surface area contributed by atoms with Crippen LogP contribution < -0.4 is 5.73 Å². The normalized spacial score (nSPS) is 11.6. The van der Waals surface area contributed by atoms with Crippen molar-refractivity contribution in [1.29, 1.82) is 0 Å². The van der Waals surface area contributed by atoms with Gasteiger partial charge in [0.05, 0.1) is 0 Å². The highest BCUT2D eigenvalue weighted by Gasteiger charge is 2.06. The van der Waals surface area contributed by atoms with Gasteiger partial charge in [0.2, 0.25) is 0 Å². The molecule has 0 aliphatic heterocycles. The molecule has 0 aromatic heterocycles. The highest BCUT2D eigenvalue weighted by atomic mass is 32.2. The van der Waals surface area contributed by atoms with E-state index >= 15 is 0 Å². The van der Waals surface area contributed by atoms with Crippen molar-refractivity contribution in [3.63, 3.8) is 0 Å². The summed E-state index contributed by atoms with van der Waals surface area (Å²) in [5, 5.41) is 0. The van der Waals surface area contributed by atoms with Gasteiger partial charge in [-0.05, 0) is 24.3 Å². The van der Waals surface area contributed by atoms with Crippen molar-refractivity contribution in [2.45, 2.75) is 90.9 Å². The number of unbranched alkanes of at least 4 members (excludes halogenated alkanes) is 10. The van der Waals surface area contributed by atoms with Crippen LogP contribution in [0.25, 0.3) is 0 Å². The lowest BCUT2D eigenvalue weighted by molar-refractivity contribution is 0.623. The Hall–Kier alpha value is 0.240. The van der Waals surface area contributed by atoms with Crippen LogP contribution in [0.3, 0.4) is 0 Å². The van der Waals surface area contributed by atoms with E-state index < -0.39 is 0 Å². The van der Waals surface area contributed by atoms with E-state index in [4.69, 9.17) is 18.0 Å². The van der Waals surface area contributed by atoms with Crippen LogP contribution >= 0.6 is 23.1 Å². The van der Waals surface area contributed by atoms with E-state index in [2.05, 4.69) is 13.8 Å². The first-order valence-corrected chi connectivity index (χ1v) is 10.9. The molecule has 0 atom stereocenters. The summed E-state index contributed by atoms with van der Waals surface area (Å²) in [4.78, 5) is 0. The van der Waals surface area contributed by atoms with Gasteiger partial charge in [-0.15, -0.1) is 0 Å². The first-order chi connectivity index (χ1) is 9.72. The molecule has 0 aliphatic rings. The summed E-state index contributed by atoms with van der Waals surface area (Å²) in [5.74, 6) is 2.57. The van der Waals surface area contributed by atoms with Crippen molar-refractivity contribution in [1.82, 2.24) is 0 Å². The standard InChI is InChI=1S/C17H37NS2/c1-3-5-7-9-11-13-15-20(17(18)19)16-14-12-10-8-6-4-2/h20H,3-16H2,1-2H3,(H2,18,19). The Morgan fingerprint density at radius 2 is 1.05 bits per heavy atom.